The van der Waals surface area contributed by atoms with Crippen LogP contribution in [0.15, 0.2) is 33.8 Å². The largest absolute Gasteiger partial charge is 0.502 e. The van der Waals surface area contributed by atoms with Crippen molar-refractivity contribution in [2.45, 2.75) is 6.54 Å². The normalized spacial score (nSPS) is 10.6. The molecule has 0 atom stereocenters. The molecule has 12 heteroatoms. The molecule has 0 spiro atoms. The number of phenolic OH excluding ortho intramolecular Hbond substituents is 1. The molecule has 0 unspecified atom stereocenters. The van der Waals surface area contributed by atoms with E-state index in [0.29, 0.717) is 22.6 Å². The van der Waals surface area contributed by atoms with E-state index in [1.807, 2.05) is 0 Å². The van der Waals surface area contributed by atoms with Gasteiger partial charge >= 0.3 is 0 Å². The van der Waals surface area contributed by atoms with Crippen molar-refractivity contribution in [2.75, 3.05) is 28.4 Å². The van der Waals surface area contributed by atoms with Crippen LogP contribution < -0.4 is 36.3 Å². The summed E-state index contributed by atoms with van der Waals surface area (Å²) in [7, 11) is 5.73. The molecule has 33 heavy (non-hydrogen) atoms. The number of fused-ring (bicyclic) bond motifs is 1. The number of carbonyl (C=O) groups is 1. The zero-order valence-electron chi connectivity index (χ0n) is 18.5. The van der Waals surface area contributed by atoms with Crippen LogP contribution in [0, 0.1) is 0 Å². The van der Waals surface area contributed by atoms with Gasteiger partial charge in [-0.05, 0) is 24.3 Å². The summed E-state index contributed by atoms with van der Waals surface area (Å²) in [6.45, 7) is -0.181. The SMILES string of the molecule is COc1cc(C(=O)c2c(CN(N)N=C(N)N)oc3c(O)c(OC)ccc23)cc(OC)c1OC. The number of nitrogens with two attached hydrogens (primary N) is 3. The lowest BCUT2D eigenvalue weighted by molar-refractivity contribution is 0.103. The number of carbonyl (C=O) groups excluding carboxylic acids is 1. The van der Waals surface area contributed by atoms with Gasteiger partial charge in [-0.1, -0.05) is 0 Å². The Hall–Kier alpha value is -4.32. The highest BCUT2D eigenvalue weighted by Crippen LogP contribution is 2.42. The van der Waals surface area contributed by atoms with Crippen LogP contribution in [0.5, 0.6) is 28.7 Å². The van der Waals surface area contributed by atoms with Crippen molar-refractivity contribution in [1.82, 2.24) is 5.12 Å². The number of phenols is 1. The predicted octanol–water partition coefficient (Wildman–Crippen LogP) is 1.27. The Morgan fingerprint density at radius 1 is 1.03 bits per heavy atom. The molecule has 0 aliphatic carbocycles. The van der Waals surface area contributed by atoms with Crippen LogP contribution in [0.25, 0.3) is 11.0 Å². The van der Waals surface area contributed by atoms with Gasteiger partial charge in [-0.3, -0.25) is 4.79 Å². The Morgan fingerprint density at radius 2 is 1.64 bits per heavy atom. The van der Waals surface area contributed by atoms with Gasteiger partial charge in [0.15, 0.2) is 28.6 Å². The molecule has 1 aromatic heterocycles. The van der Waals surface area contributed by atoms with Crippen molar-refractivity contribution in [2.24, 2.45) is 22.4 Å². The first-order chi connectivity index (χ1) is 15.7. The van der Waals surface area contributed by atoms with Crippen molar-refractivity contribution < 1.29 is 33.3 Å². The quantitative estimate of drug-likeness (QED) is 0.119. The Balaban J connectivity index is 2.24. The minimum absolute atomic E-state index is 0.0400. The van der Waals surface area contributed by atoms with E-state index in [2.05, 4.69) is 5.10 Å². The Kier molecular flexibility index (Phi) is 6.68. The number of ketones is 1. The maximum Gasteiger partial charge on any atom is 0.210 e. The number of ether oxygens (including phenoxy) is 4. The summed E-state index contributed by atoms with van der Waals surface area (Å²) in [6.07, 6.45) is 0. The molecule has 0 fully saturated rings. The Morgan fingerprint density at radius 3 is 2.15 bits per heavy atom. The van der Waals surface area contributed by atoms with E-state index in [1.165, 1.54) is 46.6 Å². The van der Waals surface area contributed by atoms with Gasteiger partial charge in [0.1, 0.15) is 12.3 Å². The third-order valence-corrected chi connectivity index (χ3v) is 4.79. The zero-order chi connectivity index (χ0) is 24.3. The second kappa shape index (κ2) is 9.44. The fraction of sp³-hybridized carbons (Fsp3) is 0.238. The lowest BCUT2D eigenvalue weighted by Crippen LogP contribution is -2.32. The Labute approximate surface area is 189 Å². The number of benzene rings is 2. The molecule has 0 amide bonds. The number of methoxy groups -OCH3 is 4. The summed E-state index contributed by atoms with van der Waals surface area (Å²) in [6, 6.07) is 6.12. The first-order valence-electron chi connectivity index (χ1n) is 9.53. The van der Waals surface area contributed by atoms with Gasteiger partial charge in [-0.15, -0.1) is 5.10 Å². The molecule has 0 bridgehead atoms. The fourth-order valence-corrected chi connectivity index (χ4v) is 3.39. The van der Waals surface area contributed by atoms with Crippen molar-refractivity contribution in [1.29, 1.82) is 0 Å². The monoisotopic (exact) mass is 459 g/mol. The standard InChI is InChI=1S/C21H25N5O7/c1-29-12-6-5-11-16(15(33-19(11)18(12)28)9-26(24)25-21(22)23)17(27)10-7-13(30-2)20(32-4)14(8-10)31-3/h5-8,28H,9,24H2,1-4H3,(H4,22,23,25). The third kappa shape index (κ3) is 4.36. The number of furan rings is 1. The lowest BCUT2D eigenvalue weighted by atomic mass is 9.99. The molecule has 3 rings (SSSR count). The maximum atomic E-state index is 13.7. The molecule has 0 saturated carbocycles. The molecule has 1 heterocycles. The average Bonchev–Trinajstić information content (AvgIpc) is 3.15. The second-order valence-corrected chi connectivity index (χ2v) is 6.76. The van der Waals surface area contributed by atoms with Crippen LogP contribution in [0.1, 0.15) is 21.7 Å². The van der Waals surface area contributed by atoms with Gasteiger partial charge in [0, 0.05) is 10.9 Å². The van der Waals surface area contributed by atoms with Gasteiger partial charge < -0.3 is 39.9 Å². The van der Waals surface area contributed by atoms with Crippen LogP contribution >= 0.6 is 0 Å². The number of hydrazone groups is 1. The minimum Gasteiger partial charge on any atom is -0.502 e. The number of hydrogen-bond acceptors (Lipinski definition) is 10. The molecule has 0 aliphatic rings. The smallest absolute Gasteiger partial charge is 0.210 e. The molecule has 12 nitrogen and oxygen atoms in total. The van der Waals surface area contributed by atoms with Crippen LogP contribution in [0.2, 0.25) is 0 Å². The number of hydrazine groups is 1. The van der Waals surface area contributed by atoms with Crippen molar-refractivity contribution in [3.05, 3.63) is 41.2 Å². The van der Waals surface area contributed by atoms with E-state index in [4.69, 9.17) is 40.7 Å². The van der Waals surface area contributed by atoms with E-state index >= 15 is 0 Å². The van der Waals surface area contributed by atoms with E-state index < -0.39 is 5.78 Å². The molecular weight excluding hydrogens is 434 g/mol. The molecular formula is C21H25N5O7. The van der Waals surface area contributed by atoms with Gasteiger partial charge in [-0.25, -0.2) is 11.0 Å². The molecule has 176 valence electrons. The number of nitrogens with zero attached hydrogens (tertiary/aromatic N) is 2. The maximum absolute atomic E-state index is 13.7. The molecule has 0 saturated heterocycles. The number of guanidine groups is 1. The summed E-state index contributed by atoms with van der Waals surface area (Å²) in [4.78, 5) is 13.7. The second-order valence-electron chi connectivity index (χ2n) is 6.76. The zero-order valence-corrected chi connectivity index (χ0v) is 18.5. The summed E-state index contributed by atoms with van der Waals surface area (Å²) in [5.41, 5.74) is 11.1. The fourth-order valence-electron chi connectivity index (χ4n) is 3.39. The van der Waals surface area contributed by atoms with Crippen LogP contribution in [0.4, 0.5) is 0 Å². The predicted molar refractivity (Wildman–Crippen MR) is 120 cm³/mol. The number of aromatic hydroxyl groups is 1. The molecule has 0 aliphatic heterocycles. The first-order valence-corrected chi connectivity index (χ1v) is 9.53. The van der Waals surface area contributed by atoms with Crippen LogP contribution in [-0.2, 0) is 6.54 Å². The Bertz CT molecular complexity index is 1190. The molecule has 7 N–H and O–H groups in total. The summed E-state index contributed by atoms with van der Waals surface area (Å²) >= 11 is 0. The minimum atomic E-state index is -0.453. The number of rotatable bonds is 9. The van der Waals surface area contributed by atoms with E-state index in [0.717, 1.165) is 5.12 Å². The van der Waals surface area contributed by atoms with Crippen molar-refractivity contribution >= 4 is 22.7 Å². The van der Waals surface area contributed by atoms with Crippen LogP contribution in [-0.4, -0.2) is 50.4 Å². The summed E-state index contributed by atoms with van der Waals surface area (Å²) in [5, 5.41) is 15.5. The van der Waals surface area contributed by atoms with E-state index in [9.17, 15) is 9.90 Å². The molecule has 3 aromatic rings. The highest BCUT2D eigenvalue weighted by Gasteiger charge is 2.27. The lowest BCUT2D eigenvalue weighted by Gasteiger charge is -2.14. The highest BCUT2D eigenvalue weighted by atomic mass is 16.5. The van der Waals surface area contributed by atoms with Crippen molar-refractivity contribution in [3.63, 3.8) is 0 Å². The van der Waals surface area contributed by atoms with Gasteiger partial charge in [0.2, 0.25) is 17.5 Å². The number of hydrogen-bond donors (Lipinski definition) is 4. The third-order valence-electron chi connectivity index (χ3n) is 4.79. The topological polar surface area (TPSA) is 181 Å². The van der Waals surface area contributed by atoms with Gasteiger partial charge in [0.25, 0.3) is 0 Å². The average molecular weight is 459 g/mol. The van der Waals surface area contributed by atoms with Gasteiger partial charge in [0.05, 0.1) is 34.0 Å². The summed E-state index contributed by atoms with van der Waals surface area (Å²) in [5.74, 6) is 6.02. The van der Waals surface area contributed by atoms with E-state index in [1.54, 1.807) is 6.07 Å². The first kappa shape index (κ1) is 23.3. The highest BCUT2D eigenvalue weighted by molar-refractivity contribution is 6.18. The molecule has 2 aromatic carbocycles. The van der Waals surface area contributed by atoms with Gasteiger partial charge in [-0.2, -0.15) is 0 Å². The summed E-state index contributed by atoms with van der Waals surface area (Å²) < 4.78 is 27.0. The van der Waals surface area contributed by atoms with E-state index in [-0.39, 0.29) is 46.5 Å². The van der Waals surface area contributed by atoms with Crippen LogP contribution in [0.3, 0.4) is 0 Å². The van der Waals surface area contributed by atoms with Crippen molar-refractivity contribution in [3.8, 4) is 28.7 Å². The molecule has 0 radical (unpaired) electrons.